The number of hydrogen-bond acceptors (Lipinski definition) is 0. The second-order valence-electron chi connectivity index (χ2n) is 11.5. The van der Waals surface area contributed by atoms with Gasteiger partial charge in [0.25, 0.3) is 0 Å². The summed E-state index contributed by atoms with van der Waals surface area (Å²) in [6.45, 7) is 11.8. The molecule has 39 heavy (non-hydrogen) atoms. The van der Waals surface area contributed by atoms with Crippen LogP contribution in [0, 0.1) is 0 Å². The standard InChI is InChI=1S/C19H34P.C18H24P/c1-4-7-15-20(16-8-5-2,17-9-6-3)18-19-13-11-10-12-14-19;1-3-19(4-2,15-17-11-7-5-8-12-17)16-18-13-9-6-10-14-18/h10-14H,4-9,15-18H2,1-3H3;5-14H,3-4,15-16H2,1-2H3/q2*+1. The second kappa shape index (κ2) is 19.6. The Morgan fingerprint density at radius 2 is 0.667 bits per heavy atom. The van der Waals surface area contributed by atoms with Gasteiger partial charge in [0.15, 0.2) is 0 Å². The zero-order valence-corrected chi connectivity index (χ0v) is 27.7. The highest BCUT2D eigenvalue weighted by Gasteiger charge is 2.35. The Hall–Kier alpha value is -1.48. The molecule has 0 aliphatic heterocycles. The lowest BCUT2D eigenvalue weighted by atomic mass is 10.2. The van der Waals surface area contributed by atoms with Gasteiger partial charge in [0.05, 0.1) is 49.3 Å². The molecule has 0 nitrogen and oxygen atoms in total. The van der Waals surface area contributed by atoms with Gasteiger partial charge >= 0.3 is 0 Å². The van der Waals surface area contributed by atoms with Crippen LogP contribution in [-0.4, -0.2) is 30.8 Å². The van der Waals surface area contributed by atoms with E-state index in [1.807, 2.05) is 0 Å². The molecule has 0 amide bonds. The van der Waals surface area contributed by atoms with Crippen molar-refractivity contribution in [1.29, 1.82) is 0 Å². The van der Waals surface area contributed by atoms with Crippen LogP contribution >= 0.6 is 14.5 Å². The van der Waals surface area contributed by atoms with E-state index in [4.69, 9.17) is 0 Å². The molecule has 0 N–H and O–H groups in total. The van der Waals surface area contributed by atoms with Crippen LogP contribution in [0.15, 0.2) is 91.0 Å². The minimum Gasteiger partial charge on any atom is -0.0652 e. The third-order valence-electron chi connectivity index (χ3n) is 8.38. The molecule has 0 saturated heterocycles. The summed E-state index contributed by atoms with van der Waals surface area (Å²) in [6.07, 6.45) is 19.6. The van der Waals surface area contributed by atoms with Gasteiger partial charge < -0.3 is 0 Å². The molecule has 0 unspecified atom stereocenters. The lowest BCUT2D eigenvalue weighted by molar-refractivity contribution is 0.832. The quantitative estimate of drug-likeness (QED) is 0.143. The Balaban J connectivity index is 0.000000274. The summed E-state index contributed by atoms with van der Waals surface area (Å²) in [5, 5.41) is 0. The molecule has 3 rings (SSSR count). The molecule has 0 radical (unpaired) electrons. The van der Waals surface area contributed by atoms with Crippen molar-refractivity contribution < 1.29 is 0 Å². The van der Waals surface area contributed by atoms with Gasteiger partial charge in [-0.05, 0) is 49.8 Å². The Bertz CT molecular complexity index is 899. The Morgan fingerprint density at radius 1 is 0.385 bits per heavy atom. The van der Waals surface area contributed by atoms with Crippen LogP contribution in [0.1, 0.15) is 89.8 Å². The van der Waals surface area contributed by atoms with Crippen molar-refractivity contribution in [2.24, 2.45) is 0 Å². The maximum absolute atomic E-state index is 2.38. The van der Waals surface area contributed by atoms with Gasteiger partial charge in [-0.15, -0.1) is 0 Å². The summed E-state index contributed by atoms with van der Waals surface area (Å²) in [4.78, 5) is 0. The largest absolute Gasteiger partial charge is 0.0846 e. The van der Waals surface area contributed by atoms with Crippen molar-refractivity contribution in [3.05, 3.63) is 108 Å². The molecule has 3 aromatic carbocycles. The zero-order chi connectivity index (χ0) is 28.2. The van der Waals surface area contributed by atoms with E-state index in [9.17, 15) is 0 Å². The van der Waals surface area contributed by atoms with Gasteiger partial charge in [-0.3, -0.25) is 0 Å². The predicted molar refractivity (Wildman–Crippen MR) is 185 cm³/mol. The molecule has 0 fully saturated rings. The molecule has 214 valence electrons. The predicted octanol–water partition coefficient (Wildman–Crippen LogP) is 12.0. The lowest BCUT2D eigenvalue weighted by Gasteiger charge is -2.28. The number of unbranched alkanes of at least 4 members (excludes halogenated alkanes) is 3. The Morgan fingerprint density at radius 3 is 0.923 bits per heavy atom. The lowest BCUT2D eigenvalue weighted by Crippen LogP contribution is -2.11. The first-order valence-electron chi connectivity index (χ1n) is 15.9. The highest BCUT2D eigenvalue weighted by atomic mass is 31.2. The van der Waals surface area contributed by atoms with Crippen LogP contribution in [0.25, 0.3) is 0 Å². The van der Waals surface area contributed by atoms with E-state index in [0.717, 1.165) is 0 Å². The van der Waals surface area contributed by atoms with E-state index < -0.39 is 14.5 Å². The number of benzene rings is 3. The minimum atomic E-state index is -0.902. The number of hydrogen-bond donors (Lipinski definition) is 0. The van der Waals surface area contributed by atoms with Gasteiger partial charge in [0, 0.05) is 14.5 Å². The van der Waals surface area contributed by atoms with Crippen molar-refractivity contribution in [2.75, 3.05) is 30.8 Å². The molecular formula is C37H58P2+2. The van der Waals surface area contributed by atoms with Gasteiger partial charge in [0.1, 0.15) is 0 Å². The maximum Gasteiger partial charge on any atom is 0.0846 e. The first kappa shape index (κ1) is 33.7. The Labute approximate surface area is 244 Å². The summed E-state index contributed by atoms with van der Waals surface area (Å²) >= 11 is 0. The minimum absolute atomic E-state index is 0.768. The maximum atomic E-state index is 2.38. The average Bonchev–Trinajstić information content (AvgIpc) is 2.99. The SMILES string of the molecule is CCCC[P+](CCCC)(CCCC)Cc1ccccc1.CC[P+](CC)(Cc1ccccc1)Cc1ccccc1. The molecule has 0 heterocycles. The molecule has 0 spiro atoms. The third kappa shape index (κ3) is 12.7. The summed E-state index contributed by atoms with van der Waals surface area (Å²) < 4.78 is 0. The van der Waals surface area contributed by atoms with E-state index in [1.54, 1.807) is 5.56 Å². The molecular weight excluding hydrogens is 506 g/mol. The van der Waals surface area contributed by atoms with E-state index in [-0.39, 0.29) is 0 Å². The molecule has 0 bridgehead atoms. The van der Waals surface area contributed by atoms with Crippen LogP contribution < -0.4 is 0 Å². The Kier molecular flexibility index (Phi) is 16.9. The highest BCUT2D eigenvalue weighted by Crippen LogP contribution is 2.64. The van der Waals surface area contributed by atoms with Gasteiger partial charge in [-0.1, -0.05) is 131 Å². The zero-order valence-electron chi connectivity index (χ0n) is 26.0. The summed E-state index contributed by atoms with van der Waals surface area (Å²) in [6, 6.07) is 33.3. The van der Waals surface area contributed by atoms with Gasteiger partial charge in [-0.2, -0.15) is 0 Å². The fourth-order valence-electron chi connectivity index (χ4n) is 5.69. The van der Waals surface area contributed by atoms with Gasteiger partial charge in [0.2, 0.25) is 0 Å². The average molecular weight is 565 g/mol. The van der Waals surface area contributed by atoms with Crippen molar-refractivity contribution in [1.82, 2.24) is 0 Å². The van der Waals surface area contributed by atoms with Crippen LogP contribution in [0.3, 0.4) is 0 Å². The smallest absolute Gasteiger partial charge is 0.0652 e. The van der Waals surface area contributed by atoms with E-state index >= 15 is 0 Å². The first-order valence-corrected chi connectivity index (χ1v) is 20.9. The van der Waals surface area contributed by atoms with Crippen molar-refractivity contribution >= 4 is 14.5 Å². The molecule has 3 aromatic rings. The van der Waals surface area contributed by atoms with Gasteiger partial charge in [-0.25, -0.2) is 0 Å². The molecule has 0 atom stereocenters. The van der Waals surface area contributed by atoms with E-state index in [0.29, 0.717) is 0 Å². The van der Waals surface area contributed by atoms with Crippen molar-refractivity contribution in [2.45, 2.75) is 91.6 Å². The summed E-state index contributed by atoms with van der Waals surface area (Å²) in [5.41, 5.74) is 4.61. The highest BCUT2D eigenvalue weighted by molar-refractivity contribution is 7.75. The monoisotopic (exact) mass is 564 g/mol. The fourth-order valence-corrected chi connectivity index (χ4v) is 14.2. The van der Waals surface area contributed by atoms with E-state index in [1.165, 1.54) is 98.9 Å². The molecule has 0 aliphatic carbocycles. The first-order chi connectivity index (χ1) is 19.0. The summed E-state index contributed by atoms with van der Waals surface area (Å²) in [5.74, 6) is 0. The normalized spacial score (nSPS) is 11.6. The van der Waals surface area contributed by atoms with Crippen LogP contribution in [0.2, 0.25) is 0 Å². The van der Waals surface area contributed by atoms with Crippen molar-refractivity contribution in [3.63, 3.8) is 0 Å². The third-order valence-corrected chi connectivity index (χ3v) is 18.0. The fraction of sp³-hybridized carbons (Fsp3) is 0.514. The van der Waals surface area contributed by atoms with E-state index in [2.05, 4.69) is 126 Å². The topological polar surface area (TPSA) is 0 Å². The second-order valence-corrected chi connectivity index (χ2v) is 20.4. The van der Waals surface area contributed by atoms with Crippen LogP contribution in [0.4, 0.5) is 0 Å². The molecule has 2 heteroatoms. The van der Waals surface area contributed by atoms with Crippen LogP contribution in [-0.2, 0) is 18.5 Å². The summed E-state index contributed by atoms with van der Waals surface area (Å²) in [7, 11) is -1.67. The molecule has 0 saturated carbocycles. The number of rotatable bonds is 17. The van der Waals surface area contributed by atoms with Crippen LogP contribution in [0.5, 0.6) is 0 Å². The molecule has 0 aliphatic rings. The molecule has 0 aromatic heterocycles. The van der Waals surface area contributed by atoms with Crippen molar-refractivity contribution in [3.8, 4) is 0 Å².